The second kappa shape index (κ2) is 11.1. The number of pyridine rings is 1. The van der Waals surface area contributed by atoms with Gasteiger partial charge in [-0.25, -0.2) is 4.98 Å². The smallest absolute Gasteiger partial charge is 0.213 e. The predicted molar refractivity (Wildman–Crippen MR) is 139 cm³/mol. The maximum absolute atomic E-state index is 8.74. The highest BCUT2D eigenvalue weighted by Crippen LogP contribution is 2.34. The molecule has 4 rings (SSSR count). The van der Waals surface area contributed by atoms with Crippen molar-refractivity contribution < 1.29 is 18.9 Å². The Morgan fingerprint density at radius 2 is 1.86 bits per heavy atom. The molecule has 0 spiro atoms. The molecule has 0 unspecified atom stereocenters. The Morgan fingerprint density at radius 3 is 2.50 bits per heavy atom. The van der Waals surface area contributed by atoms with Crippen LogP contribution in [0.4, 0.5) is 0 Å². The second-order valence-corrected chi connectivity index (χ2v) is 9.73. The van der Waals surface area contributed by atoms with E-state index in [-0.39, 0.29) is 6.10 Å². The largest absolute Gasteiger partial charge is 0.491 e. The number of benzene rings is 2. The summed E-state index contributed by atoms with van der Waals surface area (Å²) in [6, 6.07) is 16.5. The standard InChI is InChI=1S/C30H34N2O4/c1-20-14-25(33-18-26-19-35-30(4,5)36-26)15-21(2)29(20)27-10-6-9-24(22(27)3)17-34-28-12-11-23(16-32-28)8-7-13-31/h6,9-12,14-16,26H,7-8,17-19H2,1-5H3/t26-/m0/s1. The molecule has 1 aromatic heterocycles. The van der Waals surface area contributed by atoms with Crippen molar-refractivity contribution in [1.82, 2.24) is 4.98 Å². The molecular weight excluding hydrogens is 452 g/mol. The van der Waals surface area contributed by atoms with Crippen molar-refractivity contribution in [3.05, 3.63) is 76.5 Å². The van der Waals surface area contributed by atoms with Gasteiger partial charge in [-0.1, -0.05) is 24.3 Å². The first-order chi connectivity index (χ1) is 17.3. The van der Waals surface area contributed by atoms with Crippen LogP contribution in [0.1, 0.15) is 48.1 Å². The van der Waals surface area contributed by atoms with Gasteiger partial charge in [0.2, 0.25) is 5.88 Å². The van der Waals surface area contributed by atoms with E-state index in [2.05, 4.69) is 62.2 Å². The number of nitrogens with zero attached hydrogens (tertiary/aromatic N) is 2. The van der Waals surface area contributed by atoms with E-state index in [1.807, 2.05) is 26.0 Å². The fourth-order valence-electron chi connectivity index (χ4n) is 4.57. The number of nitriles is 1. The van der Waals surface area contributed by atoms with Crippen LogP contribution >= 0.6 is 0 Å². The predicted octanol–water partition coefficient (Wildman–Crippen LogP) is 6.24. The SMILES string of the molecule is Cc1cc(OC[C@H]2COC(C)(C)O2)cc(C)c1-c1cccc(COc2ccc(CCC#N)cn2)c1C. The Hall–Kier alpha value is -3.40. The first kappa shape index (κ1) is 25.7. The van der Waals surface area contributed by atoms with Gasteiger partial charge in [0.25, 0.3) is 0 Å². The molecule has 0 bridgehead atoms. The van der Waals surface area contributed by atoms with Crippen LogP contribution in [0.2, 0.25) is 0 Å². The maximum Gasteiger partial charge on any atom is 0.213 e. The summed E-state index contributed by atoms with van der Waals surface area (Å²) in [5, 5.41) is 8.74. The van der Waals surface area contributed by atoms with E-state index in [0.29, 0.717) is 38.5 Å². The molecule has 0 radical (unpaired) electrons. The highest BCUT2D eigenvalue weighted by Gasteiger charge is 2.33. The van der Waals surface area contributed by atoms with Crippen molar-refractivity contribution in [1.29, 1.82) is 5.26 Å². The molecule has 1 aliphatic heterocycles. The van der Waals surface area contributed by atoms with Crippen molar-refractivity contribution in [3.8, 4) is 28.8 Å². The van der Waals surface area contributed by atoms with E-state index in [1.54, 1.807) is 6.20 Å². The number of aromatic nitrogens is 1. The molecule has 0 aliphatic carbocycles. The Balaban J connectivity index is 1.45. The monoisotopic (exact) mass is 486 g/mol. The molecule has 3 aromatic rings. The van der Waals surface area contributed by atoms with Crippen molar-refractivity contribution in [2.75, 3.05) is 13.2 Å². The van der Waals surface area contributed by atoms with Gasteiger partial charge >= 0.3 is 0 Å². The summed E-state index contributed by atoms with van der Waals surface area (Å²) in [7, 11) is 0. The fraction of sp³-hybridized carbons (Fsp3) is 0.400. The van der Waals surface area contributed by atoms with Gasteiger partial charge in [-0.15, -0.1) is 0 Å². The van der Waals surface area contributed by atoms with Gasteiger partial charge in [0.1, 0.15) is 25.1 Å². The highest BCUT2D eigenvalue weighted by atomic mass is 16.7. The maximum atomic E-state index is 8.74. The van der Waals surface area contributed by atoms with Crippen LogP contribution in [0.25, 0.3) is 11.1 Å². The van der Waals surface area contributed by atoms with E-state index < -0.39 is 5.79 Å². The van der Waals surface area contributed by atoms with E-state index in [4.69, 9.17) is 24.2 Å². The summed E-state index contributed by atoms with van der Waals surface area (Å²) in [4.78, 5) is 4.39. The van der Waals surface area contributed by atoms with Crippen molar-refractivity contribution in [2.24, 2.45) is 0 Å². The number of hydrogen-bond donors (Lipinski definition) is 0. The van der Waals surface area contributed by atoms with Gasteiger partial charge in [-0.3, -0.25) is 0 Å². The summed E-state index contributed by atoms with van der Waals surface area (Å²) < 4.78 is 23.5. The Labute approximate surface area is 213 Å². The molecule has 1 fully saturated rings. The number of hydrogen-bond acceptors (Lipinski definition) is 6. The van der Waals surface area contributed by atoms with E-state index in [9.17, 15) is 0 Å². The average Bonchev–Trinajstić information content (AvgIpc) is 3.20. The zero-order valence-corrected chi connectivity index (χ0v) is 21.8. The van der Waals surface area contributed by atoms with Gasteiger partial charge < -0.3 is 18.9 Å². The van der Waals surface area contributed by atoms with Gasteiger partial charge in [-0.2, -0.15) is 5.26 Å². The third-order valence-corrected chi connectivity index (χ3v) is 6.42. The molecule has 0 amide bonds. The van der Waals surface area contributed by atoms with Crippen molar-refractivity contribution >= 4 is 0 Å². The van der Waals surface area contributed by atoms with Crippen LogP contribution in [-0.4, -0.2) is 30.1 Å². The summed E-state index contributed by atoms with van der Waals surface area (Å²) in [6.07, 6.45) is 2.90. The van der Waals surface area contributed by atoms with Gasteiger partial charge in [0.05, 0.1) is 12.7 Å². The van der Waals surface area contributed by atoms with Crippen LogP contribution in [0.5, 0.6) is 11.6 Å². The lowest BCUT2D eigenvalue weighted by molar-refractivity contribution is -0.141. The highest BCUT2D eigenvalue weighted by molar-refractivity contribution is 5.75. The lowest BCUT2D eigenvalue weighted by atomic mass is 9.90. The molecule has 2 aromatic carbocycles. The lowest BCUT2D eigenvalue weighted by Crippen LogP contribution is -2.25. The van der Waals surface area contributed by atoms with Crippen LogP contribution < -0.4 is 9.47 Å². The Bertz CT molecular complexity index is 1220. The minimum atomic E-state index is -0.548. The van der Waals surface area contributed by atoms with Crippen LogP contribution in [0.3, 0.4) is 0 Å². The molecule has 6 nitrogen and oxygen atoms in total. The van der Waals surface area contributed by atoms with Crippen LogP contribution in [0.15, 0.2) is 48.7 Å². The topological polar surface area (TPSA) is 73.6 Å². The van der Waals surface area contributed by atoms with Crippen molar-refractivity contribution in [2.45, 2.75) is 66.0 Å². The Kier molecular flexibility index (Phi) is 7.93. The summed E-state index contributed by atoms with van der Waals surface area (Å²) in [5.74, 6) is 0.867. The molecule has 0 N–H and O–H groups in total. The molecule has 0 saturated carbocycles. The first-order valence-corrected chi connectivity index (χ1v) is 12.3. The molecule has 1 aliphatic rings. The fourth-order valence-corrected chi connectivity index (χ4v) is 4.57. The number of rotatable bonds is 9. The van der Waals surface area contributed by atoms with Crippen LogP contribution in [-0.2, 0) is 22.5 Å². The molecular formula is C30H34N2O4. The van der Waals surface area contributed by atoms with Crippen LogP contribution in [0, 0.1) is 32.1 Å². The summed E-state index contributed by atoms with van der Waals surface area (Å²) >= 11 is 0. The molecule has 1 saturated heterocycles. The lowest BCUT2D eigenvalue weighted by Gasteiger charge is -2.19. The molecule has 2 heterocycles. The van der Waals surface area contributed by atoms with Gasteiger partial charge in [-0.05, 0) is 92.1 Å². The zero-order chi connectivity index (χ0) is 25.7. The summed E-state index contributed by atoms with van der Waals surface area (Å²) in [5.41, 5.74) is 8.04. The summed E-state index contributed by atoms with van der Waals surface area (Å²) in [6.45, 7) is 11.6. The van der Waals surface area contributed by atoms with Crippen molar-refractivity contribution in [3.63, 3.8) is 0 Å². The quantitative estimate of drug-likeness (QED) is 0.356. The second-order valence-electron chi connectivity index (χ2n) is 9.73. The van der Waals surface area contributed by atoms with Gasteiger partial charge in [0, 0.05) is 18.7 Å². The Morgan fingerprint density at radius 1 is 1.08 bits per heavy atom. The van der Waals surface area contributed by atoms with E-state index in [0.717, 1.165) is 28.0 Å². The minimum absolute atomic E-state index is 0.0672. The third-order valence-electron chi connectivity index (χ3n) is 6.42. The first-order valence-electron chi connectivity index (χ1n) is 12.3. The normalized spacial score (nSPS) is 16.5. The average molecular weight is 487 g/mol. The third kappa shape index (κ3) is 6.23. The van der Waals surface area contributed by atoms with Gasteiger partial charge in [0.15, 0.2) is 5.79 Å². The molecule has 36 heavy (non-hydrogen) atoms. The zero-order valence-electron chi connectivity index (χ0n) is 21.8. The van der Waals surface area contributed by atoms with E-state index in [1.165, 1.54) is 16.7 Å². The number of ether oxygens (including phenoxy) is 4. The van der Waals surface area contributed by atoms with E-state index >= 15 is 0 Å². The molecule has 6 heteroatoms. The minimum Gasteiger partial charge on any atom is -0.491 e. The molecule has 188 valence electrons. The molecule has 1 atom stereocenters. The number of aryl methyl sites for hydroxylation is 3.